The summed E-state index contributed by atoms with van der Waals surface area (Å²) in [5.74, 6) is 0.259. The number of nitrogens with zero attached hydrogens (tertiary/aromatic N) is 1. The second-order valence-electron chi connectivity index (χ2n) is 5.13. The molecule has 0 atom stereocenters. The van der Waals surface area contributed by atoms with Crippen LogP contribution in [0.5, 0.6) is 0 Å². The second kappa shape index (κ2) is 5.15. The first-order valence-corrected chi connectivity index (χ1v) is 6.42. The van der Waals surface area contributed by atoms with Crippen molar-refractivity contribution >= 4 is 5.91 Å². The molecule has 0 aromatic carbocycles. The molecule has 2 aliphatic rings. The van der Waals surface area contributed by atoms with Gasteiger partial charge in [0.2, 0.25) is 5.91 Å². The number of rotatable bonds is 3. The minimum Gasteiger partial charge on any atom is -0.351 e. The van der Waals surface area contributed by atoms with Crippen LogP contribution < -0.4 is 10.6 Å². The van der Waals surface area contributed by atoms with Crippen molar-refractivity contribution in [2.75, 3.05) is 33.2 Å². The summed E-state index contributed by atoms with van der Waals surface area (Å²) in [4.78, 5) is 13.9. The fourth-order valence-electron chi connectivity index (χ4n) is 2.86. The average molecular weight is 225 g/mol. The number of hydrogen-bond donors (Lipinski definition) is 2. The monoisotopic (exact) mass is 225 g/mol. The molecule has 0 aliphatic carbocycles. The molecule has 0 radical (unpaired) electrons. The van der Waals surface area contributed by atoms with Gasteiger partial charge in [-0.2, -0.15) is 0 Å². The van der Waals surface area contributed by atoms with Crippen molar-refractivity contribution in [3.63, 3.8) is 0 Å². The van der Waals surface area contributed by atoms with E-state index in [4.69, 9.17) is 0 Å². The van der Waals surface area contributed by atoms with Gasteiger partial charge in [0, 0.05) is 38.1 Å². The van der Waals surface area contributed by atoms with Gasteiger partial charge in [-0.25, -0.2) is 0 Å². The van der Waals surface area contributed by atoms with E-state index in [9.17, 15) is 4.79 Å². The summed E-state index contributed by atoms with van der Waals surface area (Å²) in [6.07, 6.45) is 5.23. The lowest BCUT2D eigenvalue weighted by atomic mass is 9.80. The van der Waals surface area contributed by atoms with Gasteiger partial charge < -0.3 is 15.5 Å². The molecule has 0 bridgehead atoms. The molecule has 0 aromatic heterocycles. The van der Waals surface area contributed by atoms with Crippen LogP contribution in [0.1, 0.15) is 32.1 Å². The lowest BCUT2D eigenvalue weighted by molar-refractivity contribution is -0.126. The van der Waals surface area contributed by atoms with Gasteiger partial charge in [0.25, 0.3) is 0 Å². The Kier molecular flexibility index (Phi) is 3.82. The average Bonchev–Trinajstić information content (AvgIpc) is 2.28. The molecule has 2 aliphatic heterocycles. The first-order chi connectivity index (χ1) is 7.74. The van der Waals surface area contributed by atoms with Gasteiger partial charge in [0.15, 0.2) is 0 Å². The number of likely N-dealkylation sites (N-methyl/N-ethyl adjacent to an activating group) is 1. The Morgan fingerprint density at radius 3 is 2.75 bits per heavy atom. The van der Waals surface area contributed by atoms with E-state index >= 15 is 0 Å². The highest BCUT2D eigenvalue weighted by Crippen LogP contribution is 2.30. The predicted molar refractivity (Wildman–Crippen MR) is 64.3 cm³/mol. The van der Waals surface area contributed by atoms with Crippen LogP contribution in [0.2, 0.25) is 0 Å². The topological polar surface area (TPSA) is 44.4 Å². The van der Waals surface area contributed by atoms with Crippen LogP contribution in [0.3, 0.4) is 0 Å². The van der Waals surface area contributed by atoms with E-state index in [0.29, 0.717) is 0 Å². The third kappa shape index (κ3) is 2.74. The molecule has 16 heavy (non-hydrogen) atoms. The first kappa shape index (κ1) is 11.9. The highest BCUT2D eigenvalue weighted by Gasteiger charge is 2.37. The van der Waals surface area contributed by atoms with Crippen LogP contribution >= 0.6 is 0 Å². The van der Waals surface area contributed by atoms with Crippen molar-refractivity contribution in [3.8, 4) is 0 Å². The Morgan fingerprint density at radius 1 is 1.38 bits per heavy atom. The van der Waals surface area contributed by atoms with Gasteiger partial charge in [0.05, 0.1) is 0 Å². The van der Waals surface area contributed by atoms with Crippen LogP contribution in [0.4, 0.5) is 0 Å². The van der Waals surface area contributed by atoms with Gasteiger partial charge in [-0.1, -0.05) is 0 Å². The number of hydrogen-bond acceptors (Lipinski definition) is 3. The van der Waals surface area contributed by atoms with Crippen LogP contribution in [0.15, 0.2) is 0 Å². The Bertz CT molecular complexity index is 247. The molecular weight excluding hydrogens is 202 g/mol. The molecule has 2 rings (SSSR count). The minimum absolute atomic E-state index is 0.144. The van der Waals surface area contributed by atoms with E-state index in [1.807, 2.05) is 7.05 Å². The van der Waals surface area contributed by atoms with E-state index in [2.05, 4.69) is 15.5 Å². The zero-order valence-corrected chi connectivity index (χ0v) is 10.2. The van der Waals surface area contributed by atoms with Gasteiger partial charge in [-0.15, -0.1) is 0 Å². The maximum atomic E-state index is 11.5. The number of amides is 1. The number of piperidine rings is 2. The third-order valence-corrected chi connectivity index (χ3v) is 3.95. The highest BCUT2D eigenvalue weighted by atomic mass is 16.1. The van der Waals surface area contributed by atoms with Gasteiger partial charge in [-0.3, -0.25) is 4.79 Å². The maximum Gasteiger partial charge on any atom is 0.220 e. The lowest BCUT2D eigenvalue weighted by Crippen LogP contribution is -2.57. The predicted octanol–water partition coefficient (Wildman–Crippen LogP) is 0.341. The molecule has 0 aromatic rings. The number of nitrogens with one attached hydrogen (secondary N) is 2. The van der Waals surface area contributed by atoms with Gasteiger partial charge in [0.1, 0.15) is 0 Å². The van der Waals surface area contributed by atoms with E-state index < -0.39 is 0 Å². The SMILES string of the molecule is CNCCN1CCC2(CCCC(=O)N2)CC1. The normalized spacial score (nSPS) is 25.7. The highest BCUT2D eigenvalue weighted by molar-refractivity contribution is 5.77. The molecule has 0 saturated carbocycles. The van der Waals surface area contributed by atoms with Crippen LogP contribution in [-0.4, -0.2) is 49.6 Å². The zero-order valence-electron chi connectivity index (χ0n) is 10.2. The second-order valence-corrected chi connectivity index (χ2v) is 5.13. The molecule has 4 heteroatoms. The molecule has 4 nitrogen and oxygen atoms in total. The van der Waals surface area contributed by atoms with Crippen molar-refractivity contribution in [2.24, 2.45) is 0 Å². The smallest absolute Gasteiger partial charge is 0.220 e. The summed E-state index contributed by atoms with van der Waals surface area (Å²) < 4.78 is 0. The van der Waals surface area contributed by atoms with Crippen LogP contribution in [0, 0.1) is 0 Å². The fourth-order valence-corrected chi connectivity index (χ4v) is 2.86. The largest absolute Gasteiger partial charge is 0.351 e. The van der Waals surface area contributed by atoms with E-state index in [-0.39, 0.29) is 11.4 Å². The maximum absolute atomic E-state index is 11.5. The third-order valence-electron chi connectivity index (χ3n) is 3.95. The molecule has 1 amide bonds. The van der Waals surface area contributed by atoms with Crippen molar-refractivity contribution in [3.05, 3.63) is 0 Å². The van der Waals surface area contributed by atoms with Crippen LogP contribution in [0.25, 0.3) is 0 Å². The molecular formula is C12H23N3O. The fraction of sp³-hybridized carbons (Fsp3) is 0.917. The Morgan fingerprint density at radius 2 is 2.12 bits per heavy atom. The zero-order chi connectivity index (χ0) is 11.4. The van der Waals surface area contributed by atoms with Crippen molar-refractivity contribution in [2.45, 2.75) is 37.6 Å². The summed E-state index contributed by atoms with van der Waals surface area (Å²) >= 11 is 0. The standard InChI is InChI=1S/C12H23N3O/c1-13-7-10-15-8-5-12(6-9-15)4-2-3-11(16)14-12/h13H,2-10H2,1H3,(H,14,16). The minimum atomic E-state index is 0.144. The van der Waals surface area contributed by atoms with Crippen molar-refractivity contribution < 1.29 is 4.79 Å². The van der Waals surface area contributed by atoms with E-state index in [1.54, 1.807) is 0 Å². The first-order valence-electron chi connectivity index (χ1n) is 6.42. The summed E-state index contributed by atoms with van der Waals surface area (Å²) in [5.41, 5.74) is 0.144. The summed E-state index contributed by atoms with van der Waals surface area (Å²) in [6.45, 7) is 4.43. The Hall–Kier alpha value is -0.610. The molecule has 1 spiro atoms. The molecule has 0 unspecified atom stereocenters. The lowest BCUT2D eigenvalue weighted by Gasteiger charge is -2.44. The van der Waals surface area contributed by atoms with E-state index in [1.165, 1.54) is 6.42 Å². The molecule has 92 valence electrons. The summed E-state index contributed by atoms with van der Waals surface area (Å²) in [7, 11) is 1.99. The number of likely N-dealkylation sites (tertiary alicyclic amines) is 1. The summed E-state index contributed by atoms with van der Waals surface area (Å²) in [5, 5.41) is 6.41. The molecule has 2 heterocycles. The van der Waals surface area contributed by atoms with E-state index in [0.717, 1.165) is 51.9 Å². The Balaban J connectivity index is 1.81. The molecule has 2 fully saturated rings. The quantitative estimate of drug-likeness (QED) is 0.728. The Labute approximate surface area is 97.8 Å². The van der Waals surface area contributed by atoms with Crippen molar-refractivity contribution in [1.29, 1.82) is 0 Å². The van der Waals surface area contributed by atoms with Gasteiger partial charge in [-0.05, 0) is 32.7 Å². The number of carbonyl (C=O) groups is 1. The number of carbonyl (C=O) groups excluding carboxylic acids is 1. The van der Waals surface area contributed by atoms with Gasteiger partial charge >= 0.3 is 0 Å². The summed E-state index contributed by atoms with van der Waals surface area (Å²) in [6, 6.07) is 0. The van der Waals surface area contributed by atoms with Crippen molar-refractivity contribution in [1.82, 2.24) is 15.5 Å². The molecule has 2 saturated heterocycles. The van der Waals surface area contributed by atoms with Crippen LogP contribution in [-0.2, 0) is 4.79 Å². The molecule has 2 N–H and O–H groups in total.